The van der Waals surface area contributed by atoms with Crippen LogP contribution in [0.25, 0.3) is 0 Å². The fourth-order valence-electron chi connectivity index (χ4n) is 3.80. The van der Waals surface area contributed by atoms with Crippen molar-refractivity contribution in [3.63, 3.8) is 0 Å². The van der Waals surface area contributed by atoms with Crippen LogP contribution in [0, 0.1) is 5.92 Å². The molecule has 0 N–H and O–H groups in total. The Kier molecular flexibility index (Phi) is 3.29. The molecule has 98 valence electrons. The van der Waals surface area contributed by atoms with Crippen molar-refractivity contribution in [2.24, 2.45) is 5.92 Å². The Hall–Kier alpha value is -1.02. The Balaban J connectivity index is 1.87. The SMILES string of the molecule is CCCN1CCC2Cc3c(cccc3OC)C[C@H]21. The van der Waals surface area contributed by atoms with E-state index in [0.717, 1.165) is 17.7 Å². The molecule has 1 fully saturated rings. The number of fused-ring (bicyclic) bond motifs is 2. The highest BCUT2D eigenvalue weighted by atomic mass is 16.5. The van der Waals surface area contributed by atoms with E-state index in [1.54, 1.807) is 7.11 Å². The van der Waals surface area contributed by atoms with Gasteiger partial charge in [-0.2, -0.15) is 0 Å². The van der Waals surface area contributed by atoms with Gasteiger partial charge in [0.1, 0.15) is 5.75 Å². The molecule has 2 heteroatoms. The molecule has 18 heavy (non-hydrogen) atoms. The molecule has 0 amide bonds. The van der Waals surface area contributed by atoms with Crippen LogP contribution in [0.15, 0.2) is 18.2 Å². The molecule has 0 bridgehead atoms. The largest absolute Gasteiger partial charge is 0.496 e. The summed E-state index contributed by atoms with van der Waals surface area (Å²) in [6.45, 7) is 4.84. The number of hydrogen-bond acceptors (Lipinski definition) is 2. The lowest BCUT2D eigenvalue weighted by molar-refractivity contribution is 0.215. The van der Waals surface area contributed by atoms with Crippen LogP contribution >= 0.6 is 0 Å². The van der Waals surface area contributed by atoms with Gasteiger partial charge in [-0.25, -0.2) is 0 Å². The number of ether oxygens (including phenoxy) is 1. The molecule has 0 saturated carbocycles. The smallest absolute Gasteiger partial charge is 0.122 e. The van der Waals surface area contributed by atoms with E-state index in [0.29, 0.717) is 0 Å². The predicted molar refractivity (Wildman–Crippen MR) is 74.2 cm³/mol. The van der Waals surface area contributed by atoms with Crippen LogP contribution in [0.2, 0.25) is 0 Å². The zero-order valence-electron chi connectivity index (χ0n) is 11.5. The first-order chi connectivity index (χ1) is 8.83. The molecule has 1 aliphatic heterocycles. The lowest BCUT2D eigenvalue weighted by Gasteiger charge is -2.33. The second kappa shape index (κ2) is 4.93. The summed E-state index contributed by atoms with van der Waals surface area (Å²) in [4.78, 5) is 2.70. The molecular weight excluding hydrogens is 222 g/mol. The molecular formula is C16H23NO. The highest BCUT2D eigenvalue weighted by molar-refractivity contribution is 5.43. The first-order valence-corrected chi connectivity index (χ1v) is 7.22. The number of hydrogen-bond donors (Lipinski definition) is 0. The van der Waals surface area contributed by atoms with Crippen molar-refractivity contribution in [3.8, 4) is 5.75 Å². The molecule has 2 aliphatic rings. The van der Waals surface area contributed by atoms with Gasteiger partial charge in [-0.3, -0.25) is 4.90 Å². The van der Waals surface area contributed by atoms with Crippen molar-refractivity contribution in [2.75, 3.05) is 20.2 Å². The zero-order chi connectivity index (χ0) is 12.5. The molecule has 0 spiro atoms. The fraction of sp³-hybridized carbons (Fsp3) is 0.625. The minimum absolute atomic E-state index is 0.782. The van der Waals surface area contributed by atoms with Crippen molar-refractivity contribution in [3.05, 3.63) is 29.3 Å². The maximum atomic E-state index is 5.52. The first kappa shape index (κ1) is 12.0. The van der Waals surface area contributed by atoms with E-state index in [1.165, 1.54) is 49.9 Å². The van der Waals surface area contributed by atoms with Gasteiger partial charge in [-0.15, -0.1) is 0 Å². The number of rotatable bonds is 3. The molecule has 2 nitrogen and oxygen atoms in total. The molecule has 3 rings (SSSR count). The first-order valence-electron chi connectivity index (χ1n) is 7.22. The number of methoxy groups -OCH3 is 1. The van der Waals surface area contributed by atoms with E-state index in [1.807, 2.05) is 0 Å². The number of benzene rings is 1. The quantitative estimate of drug-likeness (QED) is 0.812. The van der Waals surface area contributed by atoms with Gasteiger partial charge in [-0.1, -0.05) is 19.1 Å². The van der Waals surface area contributed by atoms with Crippen LogP contribution in [-0.2, 0) is 12.8 Å². The van der Waals surface area contributed by atoms with Crippen LogP contribution in [0.5, 0.6) is 5.75 Å². The van der Waals surface area contributed by atoms with E-state index in [4.69, 9.17) is 4.74 Å². The van der Waals surface area contributed by atoms with Gasteiger partial charge in [0, 0.05) is 6.04 Å². The van der Waals surface area contributed by atoms with E-state index >= 15 is 0 Å². The third kappa shape index (κ3) is 1.93. The van der Waals surface area contributed by atoms with Crippen molar-refractivity contribution in [1.29, 1.82) is 0 Å². The van der Waals surface area contributed by atoms with Gasteiger partial charge in [0.25, 0.3) is 0 Å². The van der Waals surface area contributed by atoms with Crippen molar-refractivity contribution in [2.45, 2.75) is 38.6 Å². The van der Waals surface area contributed by atoms with Gasteiger partial charge < -0.3 is 4.74 Å². The summed E-state index contributed by atoms with van der Waals surface area (Å²) in [6, 6.07) is 7.32. The molecule has 0 radical (unpaired) electrons. The van der Waals surface area contributed by atoms with Gasteiger partial charge in [0.2, 0.25) is 0 Å². The van der Waals surface area contributed by atoms with Gasteiger partial charge >= 0.3 is 0 Å². The zero-order valence-corrected chi connectivity index (χ0v) is 11.5. The average molecular weight is 245 g/mol. The molecule has 1 unspecified atom stereocenters. The van der Waals surface area contributed by atoms with Crippen LogP contribution in [0.4, 0.5) is 0 Å². The maximum absolute atomic E-state index is 5.52. The summed E-state index contributed by atoms with van der Waals surface area (Å²) in [7, 11) is 1.79. The van der Waals surface area contributed by atoms with E-state index in [9.17, 15) is 0 Å². The molecule has 1 aliphatic carbocycles. The third-order valence-electron chi connectivity index (χ3n) is 4.66. The Morgan fingerprint density at radius 3 is 3.00 bits per heavy atom. The summed E-state index contributed by atoms with van der Waals surface area (Å²) in [6.07, 6.45) is 5.07. The van der Waals surface area contributed by atoms with Crippen molar-refractivity contribution >= 4 is 0 Å². The average Bonchev–Trinajstić information content (AvgIpc) is 2.79. The summed E-state index contributed by atoms with van der Waals surface area (Å²) < 4.78 is 5.52. The maximum Gasteiger partial charge on any atom is 0.122 e. The van der Waals surface area contributed by atoms with E-state index in [2.05, 4.69) is 30.0 Å². The Morgan fingerprint density at radius 1 is 1.33 bits per heavy atom. The van der Waals surface area contributed by atoms with Crippen LogP contribution < -0.4 is 4.74 Å². The van der Waals surface area contributed by atoms with Crippen LogP contribution in [-0.4, -0.2) is 31.1 Å². The summed E-state index contributed by atoms with van der Waals surface area (Å²) >= 11 is 0. The van der Waals surface area contributed by atoms with E-state index in [-0.39, 0.29) is 0 Å². The number of likely N-dealkylation sites (tertiary alicyclic amines) is 1. The van der Waals surface area contributed by atoms with Crippen molar-refractivity contribution in [1.82, 2.24) is 4.90 Å². The Morgan fingerprint density at radius 2 is 2.22 bits per heavy atom. The van der Waals surface area contributed by atoms with Gasteiger partial charge in [-0.05, 0) is 61.9 Å². The molecule has 1 aromatic carbocycles. The minimum Gasteiger partial charge on any atom is -0.496 e. The normalized spacial score (nSPS) is 26.8. The van der Waals surface area contributed by atoms with Crippen LogP contribution in [0.3, 0.4) is 0 Å². The molecule has 1 saturated heterocycles. The fourth-order valence-corrected chi connectivity index (χ4v) is 3.80. The topological polar surface area (TPSA) is 12.5 Å². The predicted octanol–water partition coefficient (Wildman–Crippen LogP) is 2.89. The summed E-state index contributed by atoms with van der Waals surface area (Å²) in [5, 5.41) is 0. The summed E-state index contributed by atoms with van der Waals surface area (Å²) in [5.74, 6) is 1.94. The highest BCUT2D eigenvalue weighted by Crippen LogP contribution is 2.39. The third-order valence-corrected chi connectivity index (χ3v) is 4.66. The van der Waals surface area contributed by atoms with Gasteiger partial charge in [0.15, 0.2) is 0 Å². The molecule has 0 aromatic heterocycles. The number of nitrogens with zero attached hydrogens (tertiary/aromatic N) is 1. The van der Waals surface area contributed by atoms with Gasteiger partial charge in [0.05, 0.1) is 7.11 Å². The molecule has 1 heterocycles. The minimum atomic E-state index is 0.782. The standard InChI is InChI=1S/C16H23NO/c1-3-8-17-9-7-13-10-14-12(11-15(13)17)5-4-6-16(14)18-2/h4-6,13,15H,3,7-11H2,1-2H3/t13?,15-/m1/s1. The van der Waals surface area contributed by atoms with Crippen LogP contribution in [0.1, 0.15) is 30.9 Å². The second-order valence-electron chi connectivity index (χ2n) is 5.66. The second-order valence-corrected chi connectivity index (χ2v) is 5.66. The Bertz CT molecular complexity index is 429. The molecule has 2 atom stereocenters. The lowest BCUT2D eigenvalue weighted by Crippen LogP contribution is -2.38. The monoisotopic (exact) mass is 245 g/mol. The van der Waals surface area contributed by atoms with E-state index < -0.39 is 0 Å². The molecule has 1 aromatic rings. The lowest BCUT2D eigenvalue weighted by atomic mass is 9.80. The highest BCUT2D eigenvalue weighted by Gasteiger charge is 2.37. The summed E-state index contributed by atoms with van der Waals surface area (Å²) in [5.41, 5.74) is 2.98. The Labute approximate surface area is 110 Å². The van der Waals surface area contributed by atoms with Crippen molar-refractivity contribution < 1.29 is 4.74 Å².